The van der Waals surface area contributed by atoms with Crippen molar-refractivity contribution in [2.75, 3.05) is 19.5 Å². The van der Waals surface area contributed by atoms with Gasteiger partial charge in [0.15, 0.2) is 0 Å². The van der Waals surface area contributed by atoms with Crippen molar-refractivity contribution >= 4 is 23.2 Å². The summed E-state index contributed by atoms with van der Waals surface area (Å²) in [4.78, 5) is 12.5. The largest absolute Gasteiger partial charge is 0.496 e. The Kier molecular flexibility index (Phi) is 6.67. The Morgan fingerprint density at radius 2 is 1.72 bits per heavy atom. The Hall–Kier alpha value is -2.24. The van der Waals surface area contributed by atoms with Crippen LogP contribution in [0.1, 0.15) is 25.5 Å². The smallest absolute Gasteiger partial charge is 0.241 e. The fourth-order valence-electron chi connectivity index (χ4n) is 2.58. The van der Waals surface area contributed by atoms with Gasteiger partial charge in [-0.05, 0) is 38.1 Å². The van der Waals surface area contributed by atoms with Gasteiger partial charge in [-0.3, -0.25) is 10.1 Å². The fourth-order valence-corrected chi connectivity index (χ4v) is 2.76. The van der Waals surface area contributed by atoms with Crippen molar-refractivity contribution in [2.45, 2.75) is 25.9 Å². The Morgan fingerprint density at radius 1 is 1.04 bits per heavy atom. The van der Waals surface area contributed by atoms with Gasteiger partial charge in [-0.2, -0.15) is 0 Å². The van der Waals surface area contributed by atoms with Crippen LogP contribution in [0.5, 0.6) is 11.5 Å². The van der Waals surface area contributed by atoms with Gasteiger partial charge in [0.2, 0.25) is 5.91 Å². The quantitative estimate of drug-likeness (QED) is 0.780. The van der Waals surface area contributed by atoms with Crippen molar-refractivity contribution in [3.63, 3.8) is 0 Å². The minimum Gasteiger partial charge on any atom is -0.496 e. The van der Waals surface area contributed by atoms with Crippen LogP contribution in [0.3, 0.4) is 0 Å². The van der Waals surface area contributed by atoms with Gasteiger partial charge in [0.05, 0.1) is 25.9 Å². The Balaban J connectivity index is 2.06. The molecular formula is C19H23ClN2O3. The summed E-state index contributed by atoms with van der Waals surface area (Å²) in [5.41, 5.74) is 1.53. The van der Waals surface area contributed by atoms with E-state index >= 15 is 0 Å². The second-order valence-corrected chi connectivity index (χ2v) is 6.12. The van der Waals surface area contributed by atoms with E-state index in [4.69, 9.17) is 21.1 Å². The van der Waals surface area contributed by atoms with Gasteiger partial charge in [0, 0.05) is 16.6 Å². The van der Waals surface area contributed by atoms with Gasteiger partial charge in [0.1, 0.15) is 11.5 Å². The van der Waals surface area contributed by atoms with E-state index in [2.05, 4.69) is 10.6 Å². The first kappa shape index (κ1) is 19.1. The number of hydrogen-bond donors (Lipinski definition) is 2. The molecule has 2 aromatic carbocycles. The molecule has 0 aliphatic carbocycles. The van der Waals surface area contributed by atoms with Gasteiger partial charge in [-0.1, -0.05) is 29.8 Å². The van der Waals surface area contributed by atoms with E-state index in [1.54, 1.807) is 39.3 Å². The molecule has 0 spiro atoms. The minimum absolute atomic E-state index is 0.0573. The molecule has 25 heavy (non-hydrogen) atoms. The predicted molar refractivity (Wildman–Crippen MR) is 101 cm³/mol. The lowest BCUT2D eigenvalue weighted by molar-refractivity contribution is -0.118. The van der Waals surface area contributed by atoms with E-state index in [9.17, 15) is 4.79 Å². The number of nitrogens with one attached hydrogen (secondary N) is 2. The fraction of sp³-hybridized carbons (Fsp3) is 0.316. The summed E-state index contributed by atoms with van der Waals surface area (Å²) in [6.45, 7) is 3.79. The van der Waals surface area contributed by atoms with E-state index in [1.165, 1.54) is 0 Å². The number of rotatable bonds is 7. The van der Waals surface area contributed by atoms with Crippen molar-refractivity contribution in [1.29, 1.82) is 0 Å². The minimum atomic E-state index is -0.427. The number of para-hydroxylation sites is 1. The van der Waals surface area contributed by atoms with Crippen LogP contribution in [0.25, 0.3) is 0 Å². The highest BCUT2D eigenvalue weighted by molar-refractivity contribution is 6.31. The van der Waals surface area contributed by atoms with Crippen LogP contribution in [0.2, 0.25) is 5.02 Å². The van der Waals surface area contributed by atoms with E-state index in [0.717, 1.165) is 11.3 Å². The van der Waals surface area contributed by atoms with Crippen molar-refractivity contribution < 1.29 is 14.3 Å². The molecule has 0 aliphatic heterocycles. The number of carbonyl (C=O) groups excluding carboxylic acids is 1. The SMILES string of the molecule is COc1ccc(Cl)cc1NC(=O)[C@H](C)N[C@H](C)c1ccccc1OC. The average Bonchev–Trinajstić information content (AvgIpc) is 2.61. The highest BCUT2D eigenvalue weighted by atomic mass is 35.5. The van der Waals surface area contributed by atoms with Crippen molar-refractivity contribution in [3.8, 4) is 11.5 Å². The van der Waals surface area contributed by atoms with E-state index in [1.807, 2.05) is 31.2 Å². The van der Waals surface area contributed by atoms with E-state index in [0.29, 0.717) is 16.5 Å². The summed E-state index contributed by atoms with van der Waals surface area (Å²) < 4.78 is 10.6. The molecule has 134 valence electrons. The molecule has 2 atom stereocenters. The van der Waals surface area contributed by atoms with Crippen LogP contribution in [-0.2, 0) is 4.79 Å². The number of benzene rings is 2. The first-order valence-electron chi connectivity index (χ1n) is 7.99. The monoisotopic (exact) mass is 362 g/mol. The molecule has 2 rings (SSSR count). The molecule has 0 aliphatic rings. The Labute approximate surface area is 153 Å². The molecule has 0 saturated heterocycles. The predicted octanol–water partition coefficient (Wildman–Crippen LogP) is 4.04. The van der Waals surface area contributed by atoms with Gasteiger partial charge in [-0.15, -0.1) is 0 Å². The Bertz CT molecular complexity index is 736. The number of hydrogen-bond acceptors (Lipinski definition) is 4. The zero-order chi connectivity index (χ0) is 18.4. The molecule has 0 heterocycles. The lowest BCUT2D eigenvalue weighted by Crippen LogP contribution is -2.39. The zero-order valence-electron chi connectivity index (χ0n) is 14.8. The molecule has 0 radical (unpaired) electrons. The van der Waals surface area contributed by atoms with Crippen LogP contribution in [0, 0.1) is 0 Å². The standard InChI is InChI=1S/C19H23ClN2O3/c1-12(15-7-5-6-8-17(15)24-3)21-13(2)19(23)22-16-11-14(20)9-10-18(16)25-4/h5-13,21H,1-4H3,(H,22,23)/t12-,13+/m1/s1. The maximum atomic E-state index is 12.5. The van der Waals surface area contributed by atoms with Gasteiger partial charge in [-0.25, -0.2) is 0 Å². The Morgan fingerprint density at radius 3 is 2.40 bits per heavy atom. The van der Waals surface area contributed by atoms with E-state index in [-0.39, 0.29) is 11.9 Å². The molecule has 6 heteroatoms. The number of methoxy groups -OCH3 is 2. The second kappa shape index (κ2) is 8.74. The number of carbonyl (C=O) groups is 1. The van der Waals surface area contributed by atoms with Crippen molar-refractivity contribution in [2.24, 2.45) is 0 Å². The van der Waals surface area contributed by atoms with E-state index < -0.39 is 6.04 Å². The van der Waals surface area contributed by atoms with Crippen LogP contribution >= 0.6 is 11.6 Å². The van der Waals surface area contributed by atoms with Crippen LogP contribution in [0.4, 0.5) is 5.69 Å². The molecular weight excluding hydrogens is 340 g/mol. The summed E-state index contributed by atoms with van der Waals surface area (Å²) >= 11 is 6.00. The van der Waals surface area contributed by atoms with Crippen molar-refractivity contribution in [3.05, 3.63) is 53.1 Å². The highest BCUT2D eigenvalue weighted by Gasteiger charge is 2.19. The van der Waals surface area contributed by atoms with Gasteiger partial charge >= 0.3 is 0 Å². The third-order valence-corrected chi connectivity index (χ3v) is 4.15. The number of halogens is 1. The molecule has 1 amide bonds. The number of anilines is 1. The lowest BCUT2D eigenvalue weighted by Gasteiger charge is -2.22. The normalized spacial score (nSPS) is 13.0. The topological polar surface area (TPSA) is 59.6 Å². The summed E-state index contributed by atoms with van der Waals surface area (Å²) in [6, 6.07) is 12.3. The number of amides is 1. The van der Waals surface area contributed by atoms with Crippen molar-refractivity contribution in [1.82, 2.24) is 5.32 Å². The lowest BCUT2D eigenvalue weighted by atomic mass is 10.1. The molecule has 0 saturated carbocycles. The van der Waals surface area contributed by atoms with Crippen LogP contribution < -0.4 is 20.1 Å². The summed E-state index contributed by atoms with van der Waals surface area (Å²) in [7, 11) is 3.18. The molecule has 2 N–H and O–H groups in total. The molecule has 0 bridgehead atoms. The molecule has 0 fully saturated rings. The maximum absolute atomic E-state index is 12.5. The first-order chi connectivity index (χ1) is 12.0. The van der Waals surface area contributed by atoms with Crippen LogP contribution in [-0.4, -0.2) is 26.2 Å². The summed E-state index contributed by atoms with van der Waals surface area (Å²) in [5.74, 6) is 1.16. The maximum Gasteiger partial charge on any atom is 0.241 e. The second-order valence-electron chi connectivity index (χ2n) is 5.69. The third kappa shape index (κ3) is 4.87. The number of ether oxygens (including phenoxy) is 2. The molecule has 5 nitrogen and oxygen atoms in total. The van der Waals surface area contributed by atoms with Gasteiger partial charge in [0.25, 0.3) is 0 Å². The molecule has 0 unspecified atom stereocenters. The first-order valence-corrected chi connectivity index (χ1v) is 8.37. The molecule has 0 aromatic heterocycles. The van der Waals surface area contributed by atoms with Crippen LogP contribution in [0.15, 0.2) is 42.5 Å². The summed E-state index contributed by atoms with van der Waals surface area (Å²) in [5, 5.41) is 6.65. The zero-order valence-corrected chi connectivity index (χ0v) is 15.6. The average molecular weight is 363 g/mol. The van der Waals surface area contributed by atoms with Gasteiger partial charge < -0.3 is 14.8 Å². The highest BCUT2D eigenvalue weighted by Crippen LogP contribution is 2.28. The third-order valence-electron chi connectivity index (χ3n) is 3.92. The molecule has 2 aromatic rings. The summed E-state index contributed by atoms with van der Waals surface area (Å²) in [6.07, 6.45) is 0.